The largest absolute Gasteiger partial charge is 0.370 e. The number of H-pyrrole nitrogens is 1. The highest BCUT2D eigenvalue weighted by atomic mass is 35.5. The summed E-state index contributed by atoms with van der Waals surface area (Å²) in [4.78, 5) is 38.1. The van der Waals surface area contributed by atoms with Crippen molar-refractivity contribution in [3.05, 3.63) is 83.9 Å². The first-order chi connectivity index (χ1) is 17.1. The number of likely N-dealkylation sites (N-methyl/N-ethyl adjacent to an activating group) is 1. The molecule has 2 amide bonds. The molecule has 1 fully saturated rings. The second-order valence-electron chi connectivity index (χ2n) is 8.75. The summed E-state index contributed by atoms with van der Waals surface area (Å²) in [6, 6.07) is 22.1. The van der Waals surface area contributed by atoms with Gasteiger partial charge in [0.2, 0.25) is 5.95 Å². The summed E-state index contributed by atoms with van der Waals surface area (Å²) < 4.78 is 0. The van der Waals surface area contributed by atoms with Gasteiger partial charge in [0, 0.05) is 30.9 Å². The molecular weight excluding hydrogens is 476 g/mol. The SMILES string of the molecule is CN1CCCN(c2ccc(C(=O)Nc3ccccc3C(=O)Nc3nc4ccccc4[nH]3)cc2)CC1.Cl. The minimum absolute atomic E-state index is 0. The fraction of sp³-hybridized carbons (Fsp3) is 0.222. The highest BCUT2D eigenvalue weighted by Gasteiger charge is 2.17. The molecule has 0 saturated carbocycles. The van der Waals surface area contributed by atoms with Gasteiger partial charge in [-0.2, -0.15) is 0 Å². The Morgan fingerprint density at radius 1 is 0.833 bits per heavy atom. The zero-order valence-electron chi connectivity index (χ0n) is 20.0. The molecule has 0 aliphatic carbocycles. The second kappa shape index (κ2) is 11.2. The number of aromatic amines is 1. The Morgan fingerprint density at radius 2 is 1.58 bits per heavy atom. The monoisotopic (exact) mass is 504 g/mol. The number of para-hydroxylation sites is 3. The quantitative estimate of drug-likeness (QED) is 0.368. The van der Waals surface area contributed by atoms with Gasteiger partial charge in [-0.1, -0.05) is 24.3 Å². The molecule has 0 unspecified atom stereocenters. The Labute approximate surface area is 216 Å². The zero-order chi connectivity index (χ0) is 24.2. The molecule has 4 aromatic rings. The van der Waals surface area contributed by atoms with Crippen molar-refractivity contribution in [3.8, 4) is 0 Å². The first-order valence-corrected chi connectivity index (χ1v) is 11.8. The number of imidazole rings is 1. The molecule has 36 heavy (non-hydrogen) atoms. The molecule has 0 bridgehead atoms. The van der Waals surface area contributed by atoms with Crippen LogP contribution < -0.4 is 15.5 Å². The summed E-state index contributed by atoms with van der Waals surface area (Å²) >= 11 is 0. The van der Waals surface area contributed by atoms with Gasteiger partial charge in [0.25, 0.3) is 11.8 Å². The number of nitrogens with zero attached hydrogens (tertiary/aromatic N) is 3. The molecule has 1 aliphatic rings. The maximum atomic E-state index is 13.0. The molecule has 2 heterocycles. The first-order valence-electron chi connectivity index (χ1n) is 11.8. The van der Waals surface area contributed by atoms with Crippen LogP contribution in [0.1, 0.15) is 27.1 Å². The summed E-state index contributed by atoms with van der Waals surface area (Å²) in [5, 5.41) is 5.67. The number of amides is 2. The lowest BCUT2D eigenvalue weighted by molar-refractivity contribution is 0.102. The maximum absolute atomic E-state index is 13.0. The molecule has 1 aromatic heterocycles. The average molecular weight is 505 g/mol. The van der Waals surface area contributed by atoms with Crippen LogP contribution in [0.2, 0.25) is 0 Å². The number of nitrogens with one attached hydrogen (secondary N) is 3. The lowest BCUT2D eigenvalue weighted by atomic mass is 10.1. The number of hydrogen-bond acceptors (Lipinski definition) is 5. The van der Waals surface area contributed by atoms with Crippen molar-refractivity contribution in [2.75, 3.05) is 48.8 Å². The van der Waals surface area contributed by atoms with Crippen molar-refractivity contribution in [1.29, 1.82) is 0 Å². The van der Waals surface area contributed by atoms with Gasteiger partial charge in [-0.25, -0.2) is 4.98 Å². The van der Waals surface area contributed by atoms with Crippen LogP contribution in [0.25, 0.3) is 11.0 Å². The summed E-state index contributed by atoms with van der Waals surface area (Å²) in [6.07, 6.45) is 1.12. The Kier molecular flexibility index (Phi) is 7.87. The Balaban J connectivity index is 0.00000304. The number of benzene rings is 3. The molecule has 186 valence electrons. The first kappa shape index (κ1) is 25.2. The van der Waals surface area contributed by atoms with E-state index in [0.717, 1.165) is 49.3 Å². The molecule has 0 radical (unpaired) electrons. The highest BCUT2D eigenvalue weighted by molar-refractivity contribution is 6.12. The number of hydrogen-bond donors (Lipinski definition) is 3. The number of aromatic nitrogens is 2. The lowest BCUT2D eigenvalue weighted by Gasteiger charge is -2.23. The molecule has 1 aliphatic heterocycles. The number of rotatable bonds is 5. The number of halogens is 1. The van der Waals surface area contributed by atoms with E-state index in [4.69, 9.17) is 0 Å². The van der Waals surface area contributed by atoms with Crippen LogP contribution in [0, 0.1) is 0 Å². The van der Waals surface area contributed by atoms with E-state index in [-0.39, 0.29) is 24.2 Å². The molecular formula is C27H29ClN6O2. The van der Waals surface area contributed by atoms with Gasteiger partial charge >= 0.3 is 0 Å². The van der Waals surface area contributed by atoms with Crippen molar-refractivity contribution < 1.29 is 9.59 Å². The molecule has 1 saturated heterocycles. The van der Waals surface area contributed by atoms with Crippen molar-refractivity contribution in [3.63, 3.8) is 0 Å². The highest BCUT2D eigenvalue weighted by Crippen LogP contribution is 2.21. The predicted molar refractivity (Wildman–Crippen MR) is 146 cm³/mol. The fourth-order valence-electron chi connectivity index (χ4n) is 4.30. The lowest BCUT2D eigenvalue weighted by Crippen LogP contribution is -2.28. The molecule has 5 rings (SSSR count). The minimum atomic E-state index is -0.360. The average Bonchev–Trinajstić information content (AvgIpc) is 3.16. The smallest absolute Gasteiger partial charge is 0.260 e. The summed E-state index contributed by atoms with van der Waals surface area (Å²) in [6.45, 7) is 4.09. The fourth-order valence-corrected chi connectivity index (χ4v) is 4.30. The summed E-state index contributed by atoms with van der Waals surface area (Å²) in [5.74, 6) is -0.273. The van der Waals surface area contributed by atoms with Crippen LogP contribution in [0.5, 0.6) is 0 Å². The van der Waals surface area contributed by atoms with E-state index in [1.807, 2.05) is 48.5 Å². The number of anilines is 3. The van der Waals surface area contributed by atoms with E-state index in [9.17, 15) is 9.59 Å². The van der Waals surface area contributed by atoms with Gasteiger partial charge in [0.05, 0.1) is 22.3 Å². The van der Waals surface area contributed by atoms with Crippen LogP contribution >= 0.6 is 12.4 Å². The summed E-state index contributed by atoms with van der Waals surface area (Å²) in [7, 11) is 2.14. The normalized spacial score (nSPS) is 14.1. The van der Waals surface area contributed by atoms with E-state index >= 15 is 0 Å². The van der Waals surface area contributed by atoms with Crippen molar-refractivity contribution in [1.82, 2.24) is 14.9 Å². The van der Waals surface area contributed by atoms with E-state index in [0.29, 0.717) is 22.8 Å². The Bertz CT molecular complexity index is 1320. The molecule has 8 nitrogen and oxygen atoms in total. The number of carbonyl (C=O) groups excluding carboxylic acids is 2. The van der Waals surface area contributed by atoms with Gasteiger partial charge in [-0.3, -0.25) is 14.9 Å². The van der Waals surface area contributed by atoms with Gasteiger partial charge < -0.3 is 20.1 Å². The maximum Gasteiger partial charge on any atom is 0.260 e. The Hall–Kier alpha value is -3.88. The standard InChI is InChI=1S/C27H28N6O2.ClH/c1-32-15-6-16-33(18-17-32)20-13-11-19(12-14-20)25(34)28-22-8-3-2-7-21(22)26(35)31-27-29-23-9-4-5-10-24(23)30-27;/h2-5,7-14H,6,15-18H2,1H3,(H,28,34)(H2,29,30,31,35);1H. The minimum Gasteiger partial charge on any atom is -0.370 e. The van der Waals surface area contributed by atoms with Gasteiger partial charge in [-0.15, -0.1) is 12.4 Å². The van der Waals surface area contributed by atoms with Crippen LogP contribution in [0.3, 0.4) is 0 Å². The van der Waals surface area contributed by atoms with E-state index < -0.39 is 0 Å². The van der Waals surface area contributed by atoms with Crippen molar-refractivity contribution in [2.24, 2.45) is 0 Å². The Morgan fingerprint density at radius 3 is 2.39 bits per heavy atom. The van der Waals surface area contributed by atoms with Crippen LogP contribution in [-0.4, -0.2) is 59.9 Å². The van der Waals surface area contributed by atoms with E-state index in [1.54, 1.807) is 24.3 Å². The van der Waals surface area contributed by atoms with Crippen molar-refractivity contribution >= 4 is 52.6 Å². The van der Waals surface area contributed by atoms with Crippen molar-refractivity contribution in [2.45, 2.75) is 6.42 Å². The molecule has 3 aromatic carbocycles. The van der Waals surface area contributed by atoms with Crippen LogP contribution in [-0.2, 0) is 0 Å². The van der Waals surface area contributed by atoms with Gasteiger partial charge in [0.1, 0.15) is 0 Å². The predicted octanol–water partition coefficient (Wildman–Crippen LogP) is 4.63. The number of carbonyl (C=O) groups is 2. The molecule has 0 atom stereocenters. The molecule has 3 N–H and O–H groups in total. The third-order valence-corrected chi connectivity index (χ3v) is 6.26. The van der Waals surface area contributed by atoms with Gasteiger partial charge in [-0.05, 0) is 68.5 Å². The van der Waals surface area contributed by atoms with Crippen LogP contribution in [0.4, 0.5) is 17.3 Å². The van der Waals surface area contributed by atoms with E-state index in [1.165, 1.54) is 0 Å². The summed E-state index contributed by atoms with van der Waals surface area (Å²) in [5.41, 5.74) is 4.04. The zero-order valence-corrected chi connectivity index (χ0v) is 20.8. The van der Waals surface area contributed by atoms with E-state index in [2.05, 4.69) is 37.4 Å². The third-order valence-electron chi connectivity index (χ3n) is 6.26. The number of fused-ring (bicyclic) bond motifs is 1. The third kappa shape index (κ3) is 5.67. The topological polar surface area (TPSA) is 93.4 Å². The van der Waals surface area contributed by atoms with Crippen LogP contribution in [0.15, 0.2) is 72.8 Å². The second-order valence-corrected chi connectivity index (χ2v) is 8.75. The van der Waals surface area contributed by atoms with Gasteiger partial charge in [0.15, 0.2) is 0 Å². The molecule has 9 heteroatoms. The molecule has 0 spiro atoms.